The molecule has 3 heteroatoms. The number of rotatable bonds is 4. The lowest BCUT2D eigenvalue weighted by Gasteiger charge is -2.18. The van der Waals surface area contributed by atoms with Crippen LogP contribution in [-0.2, 0) is 0 Å². The van der Waals surface area contributed by atoms with Crippen molar-refractivity contribution in [2.45, 2.75) is 13.0 Å². The third kappa shape index (κ3) is 3.38. The van der Waals surface area contributed by atoms with Crippen LogP contribution in [0.1, 0.15) is 29.7 Å². The lowest BCUT2D eigenvalue weighted by atomic mass is 9.96. The van der Waals surface area contributed by atoms with E-state index in [0.717, 1.165) is 5.56 Å². The fourth-order valence-corrected chi connectivity index (χ4v) is 2.57. The Morgan fingerprint density at radius 2 is 1.87 bits per heavy atom. The summed E-state index contributed by atoms with van der Waals surface area (Å²) in [4.78, 5) is 4.15. The van der Waals surface area contributed by atoms with Gasteiger partial charge in [0.2, 0.25) is 0 Å². The van der Waals surface area contributed by atoms with Crippen molar-refractivity contribution >= 4 is 11.6 Å². The second kappa shape index (κ2) is 6.76. The summed E-state index contributed by atoms with van der Waals surface area (Å²) < 4.78 is 2.09. The molecule has 112 valence electrons. The first-order chi connectivity index (χ1) is 11.3. The molecule has 0 fully saturated rings. The van der Waals surface area contributed by atoms with Crippen LogP contribution in [0.4, 0.5) is 0 Å². The zero-order chi connectivity index (χ0) is 16.1. The monoisotopic (exact) mass is 299 g/mol. The second-order valence-electron chi connectivity index (χ2n) is 5.39. The van der Waals surface area contributed by atoms with Crippen LogP contribution in [0.25, 0.3) is 11.6 Å². The average Bonchev–Trinajstić information content (AvgIpc) is 3.15. The van der Waals surface area contributed by atoms with Crippen LogP contribution >= 0.6 is 0 Å². The van der Waals surface area contributed by atoms with Gasteiger partial charge in [-0.15, -0.1) is 0 Å². The summed E-state index contributed by atoms with van der Waals surface area (Å²) in [5.74, 6) is 0. The van der Waals surface area contributed by atoms with Crippen molar-refractivity contribution in [1.82, 2.24) is 9.55 Å². The Balaban J connectivity index is 2.04. The first-order valence-corrected chi connectivity index (χ1v) is 7.52. The van der Waals surface area contributed by atoms with Gasteiger partial charge >= 0.3 is 0 Å². The number of benzene rings is 2. The van der Waals surface area contributed by atoms with Crippen molar-refractivity contribution < 1.29 is 0 Å². The molecule has 3 aromatic rings. The number of nitrogens with zero attached hydrogens (tertiary/aromatic N) is 3. The Kier molecular flexibility index (Phi) is 4.35. The number of allylic oxidation sites excluding steroid dienone is 1. The van der Waals surface area contributed by atoms with Crippen LogP contribution in [0.15, 0.2) is 73.3 Å². The Morgan fingerprint density at radius 1 is 1.13 bits per heavy atom. The van der Waals surface area contributed by atoms with E-state index in [2.05, 4.69) is 40.8 Å². The second-order valence-corrected chi connectivity index (χ2v) is 5.39. The normalized spacial score (nSPS) is 12.6. The van der Waals surface area contributed by atoms with E-state index in [4.69, 9.17) is 5.26 Å². The molecule has 0 amide bonds. The molecule has 1 atom stereocenters. The van der Waals surface area contributed by atoms with Gasteiger partial charge in [-0.3, -0.25) is 0 Å². The highest BCUT2D eigenvalue weighted by Gasteiger charge is 2.12. The van der Waals surface area contributed by atoms with Crippen molar-refractivity contribution in [2.24, 2.45) is 0 Å². The molecule has 1 heterocycles. The molecular weight excluding hydrogens is 282 g/mol. The maximum atomic E-state index is 8.93. The van der Waals surface area contributed by atoms with Crippen molar-refractivity contribution in [3.63, 3.8) is 0 Å². The van der Waals surface area contributed by atoms with Gasteiger partial charge in [-0.25, -0.2) is 4.98 Å². The summed E-state index contributed by atoms with van der Waals surface area (Å²) in [6, 6.07) is 20.3. The van der Waals surface area contributed by atoms with Crippen LogP contribution < -0.4 is 0 Å². The highest BCUT2D eigenvalue weighted by Crippen LogP contribution is 2.29. The molecule has 3 rings (SSSR count). The summed E-state index contributed by atoms with van der Waals surface area (Å²) in [6.07, 6.45) is 7.77. The molecule has 0 N–H and O–H groups in total. The minimum absolute atomic E-state index is 0.163. The SMILES string of the molecule is CC(C(=Cc1ccc(C#N)cc1)c1ccccc1)n1ccnc1. The topological polar surface area (TPSA) is 41.6 Å². The fraction of sp³-hybridized carbons (Fsp3) is 0.100. The lowest BCUT2D eigenvalue weighted by molar-refractivity contribution is 0.678. The molecule has 0 radical (unpaired) electrons. The van der Waals surface area contributed by atoms with Crippen molar-refractivity contribution in [1.29, 1.82) is 5.26 Å². The smallest absolute Gasteiger partial charge is 0.0991 e. The molecule has 0 saturated heterocycles. The highest BCUT2D eigenvalue weighted by molar-refractivity contribution is 5.83. The van der Waals surface area contributed by atoms with Crippen LogP contribution in [0.2, 0.25) is 0 Å². The molecule has 3 nitrogen and oxygen atoms in total. The van der Waals surface area contributed by atoms with Crippen molar-refractivity contribution in [2.75, 3.05) is 0 Å². The van der Waals surface area contributed by atoms with Gasteiger partial charge in [-0.05, 0) is 41.8 Å². The van der Waals surface area contributed by atoms with Gasteiger partial charge in [0.05, 0.1) is 24.0 Å². The van der Waals surface area contributed by atoms with Crippen LogP contribution in [0, 0.1) is 11.3 Å². The molecule has 0 spiro atoms. The molecule has 1 aromatic heterocycles. The highest BCUT2D eigenvalue weighted by atomic mass is 15.0. The predicted molar refractivity (Wildman–Crippen MR) is 92.4 cm³/mol. The minimum Gasteiger partial charge on any atom is -0.330 e. The molecule has 0 bridgehead atoms. The van der Waals surface area contributed by atoms with Gasteiger partial charge < -0.3 is 4.57 Å². The third-order valence-corrected chi connectivity index (χ3v) is 3.89. The van der Waals surface area contributed by atoms with Crippen molar-refractivity contribution in [3.05, 3.63) is 90.0 Å². The molecule has 2 aromatic carbocycles. The van der Waals surface area contributed by atoms with Crippen LogP contribution in [-0.4, -0.2) is 9.55 Å². The quantitative estimate of drug-likeness (QED) is 0.663. The van der Waals surface area contributed by atoms with E-state index in [1.807, 2.05) is 55.0 Å². The molecule has 0 aliphatic heterocycles. The number of hydrogen-bond donors (Lipinski definition) is 0. The number of hydrogen-bond acceptors (Lipinski definition) is 2. The van der Waals surface area contributed by atoms with Crippen LogP contribution in [0.3, 0.4) is 0 Å². The third-order valence-electron chi connectivity index (χ3n) is 3.89. The van der Waals surface area contributed by atoms with Gasteiger partial charge in [-0.1, -0.05) is 42.5 Å². The van der Waals surface area contributed by atoms with Crippen LogP contribution in [0.5, 0.6) is 0 Å². The molecule has 0 aliphatic rings. The van der Waals surface area contributed by atoms with E-state index >= 15 is 0 Å². The zero-order valence-electron chi connectivity index (χ0n) is 12.9. The molecule has 0 aliphatic carbocycles. The summed E-state index contributed by atoms with van der Waals surface area (Å²) in [7, 11) is 0. The Hall–Kier alpha value is -3.12. The average molecular weight is 299 g/mol. The van der Waals surface area contributed by atoms with Gasteiger partial charge in [0.25, 0.3) is 0 Å². The lowest BCUT2D eigenvalue weighted by Crippen LogP contribution is -2.05. The van der Waals surface area contributed by atoms with E-state index in [9.17, 15) is 0 Å². The first kappa shape index (κ1) is 14.8. The fourth-order valence-electron chi connectivity index (χ4n) is 2.57. The summed E-state index contributed by atoms with van der Waals surface area (Å²) in [5, 5.41) is 8.93. The largest absolute Gasteiger partial charge is 0.330 e. The predicted octanol–water partition coefficient (Wildman–Crippen LogP) is 4.56. The number of aromatic nitrogens is 2. The van der Waals surface area contributed by atoms with E-state index in [0.29, 0.717) is 5.56 Å². The maximum absolute atomic E-state index is 8.93. The van der Waals surface area contributed by atoms with E-state index < -0.39 is 0 Å². The maximum Gasteiger partial charge on any atom is 0.0991 e. The van der Waals surface area contributed by atoms with E-state index in [1.165, 1.54) is 11.1 Å². The Morgan fingerprint density at radius 3 is 2.48 bits per heavy atom. The first-order valence-electron chi connectivity index (χ1n) is 7.52. The van der Waals surface area contributed by atoms with Gasteiger partial charge in [-0.2, -0.15) is 5.26 Å². The summed E-state index contributed by atoms with van der Waals surface area (Å²) in [5.41, 5.74) is 4.13. The standard InChI is InChI=1S/C20H17N3/c1-16(23-12-11-22-15-23)20(19-5-3-2-4-6-19)13-17-7-9-18(14-21)10-8-17/h2-13,15-16H,1H3. The van der Waals surface area contributed by atoms with Gasteiger partial charge in [0, 0.05) is 12.4 Å². The molecule has 1 unspecified atom stereocenters. The molecule has 0 saturated carbocycles. The number of imidazole rings is 1. The zero-order valence-corrected chi connectivity index (χ0v) is 12.9. The molecule has 23 heavy (non-hydrogen) atoms. The van der Waals surface area contributed by atoms with E-state index in [-0.39, 0.29) is 6.04 Å². The van der Waals surface area contributed by atoms with Crippen molar-refractivity contribution in [3.8, 4) is 6.07 Å². The van der Waals surface area contributed by atoms with E-state index in [1.54, 1.807) is 6.20 Å². The summed E-state index contributed by atoms with van der Waals surface area (Å²) in [6.45, 7) is 2.16. The number of nitriles is 1. The van der Waals surface area contributed by atoms with Gasteiger partial charge in [0.15, 0.2) is 0 Å². The summed E-state index contributed by atoms with van der Waals surface area (Å²) >= 11 is 0. The molecular formula is C20H17N3. The minimum atomic E-state index is 0.163. The Bertz CT molecular complexity index is 823. The van der Waals surface area contributed by atoms with Gasteiger partial charge in [0.1, 0.15) is 0 Å². The Labute approximate surface area is 136 Å².